The highest BCUT2D eigenvalue weighted by molar-refractivity contribution is 4.99. The molecule has 3 heteroatoms. The highest BCUT2D eigenvalue weighted by Gasteiger charge is 2.45. The molecular weight excluding hydrogens is 248 g/mol. The van der Waals surface area contributed by atoms with Crippen LogP contribution < -0.4 is 5.32 Å². The number of piperazine rings is 1. The quantitative estimate of drug-likeness (QED) is 0.811. The first-order valence-electron chi connectivity index (χ1n) is 8.36. The molecule has 0 spiro atoms. The zero-order valence-corrected chi connectivity index (χ0v) is 14.2. The van der Waals surface area contributed by atoms with Crippen LogP contribution in [0.25, 0.3) is 0 Å². The van der Waals surface area contributed by atoms with Crippen LogP contribution in [0.2, 0.25) is 0 Å². The van der Waals surface area contributed by atoms with Crippen LogP contribution in [-0.4, -0.2) is 50.3 Å². The largest absolute Gasteiger partial charge is 0.385 e. The molecule has 2 aliphatic rings. The molecule has 0 aromatic rings. The molecule has 0 radical (unpaired) electrons. The van der Waals surface area contributed by atoms with E-state index in [4.69, 9.17) is 4.74 Å². The SMILES string of the molecule is CCC1CNC(C(C)(C)C)CN1CC1(CCOC)CC1. The minimum Gasteiger partial charge on any atom is -0.385 e. The van der Waals surface area contributed by atoms with E-state index in [1.54, 1.807) is 0 Å². The molecule has 0 bridgehead atoms. The van der Waals surface area contributed by atoms with E-state index in [1.807, 2.05) is 7.11 Å². The summed E-state index contributed by atoms with van der Waals surface area (Å²) in [6.45, 7) is 13.9. The van der Waals surface area contributed by atoms with Gasteiger partial charge in [-0.05, 0) is 36.5 Å². The van der Waals surface area contributed by atoms with Crippen molar-refractivity contribution >= 4 is 0 Å². The Labute approximate surface area is 125 Å². The molecule has 118 valence electrons. The van der Waals surface area contributed by atoms with Gasteiger partial charge in [0, 0.05) is 45.4 Å². The van der Waals surface area contributed by atoms with Crippen molar-refractivity contribution in [2.45, 2.75) is 65.5 Å². The summed E-state index contributed by atoms with van der Waals surface area (Å²) < 4.78 is 5.30. The number of hydrogen-bond donors (Lipinski definition) is 1. The van der Waals surface area contributed by atoms with E-state index >= 15 is 0 Å². The lowest BCUT2D eigenvalue weighted by Gasteiger charge is -2.46. The molecule has 2 unspecified atom stereocenters. The Hall–Kier alpha value is -0.120. The lowest BCUT2D eigenvalue weighted by atomic mass is 9.84. The molecule has 2 rings (SSSR count). The van der Waals surface area contributed by atoms with Crippen molar-refractivity contribution in [1.82, 2.24) is 10.2 Å². The van der Waals surface area contributed by atoms with Crippen LogP contribution in [0.1, 0.15) is 53.4 Å². The number of nitrogens with zero attached hydrogens (tertiary/aromatic N) is 1. The van der Waals surface area contributed by atoms with E-state index in [0.717, 1.165) is 13.2 Å². The fraction of sp³-hybridized carbons (Fsp3) is 1.00. The normalized spacial score (nSPS) is 30.4. The van der Waals surface area contributed by atoms with Crippen LogP contribution in [0.4, 0.5) is 0 Å². The molecule has 0 amide bonds. The number of hydrogen-bond acceptors (Lipinski definition) is 3. The van der Waals surface area contributed by atoms with Gasteiger partial charge >= 0.3 is 0 Å². The van der Waals surface area contributed by atoms with E-state index < -0.39 is 0 Å². The standard InChI is InChI=1S/C17H34N2O/c1-6-14-11-18-15(16(2,3)4)12-19(14)13-17(7-8-17)9-10-20-5/h14-15,18H,6-13H2,1-5H3. The van der Waals surface area contributed by atoms with Gasteiger partial charge in [0.15, 0.2) is 0 Å². The second kappa shape index (κ2) is 6.33. The third-order valence-corrected chi connectivity index (χ3v) is 5.38. The predicted molar refractivity (Wildman–Crippen MR) is 85.1 cm³/mol. The Bertz CT molecular complexity index is 307. The summed E-state index contributed by atoms with van der Waals surface area (Å²) in [7, 11) is 1.82. The van der Waals surface area contributed by atoms with Crippen LogP contribution in [0.3, 0.4) is 0 Å². The van der Waals surface area contributed by atoms with Gasteiger partial charge < -0.3 is 10.1 Å². The molecule has 1 saturated heterocycles. The van der Waals surface area contributed by atoms with Gasteiger partial charge in [-0.15, -0.1) is 0 Å². The van der Waals surface area contributed by atoms with Gasteiger partial charge in [0.1, 0.15) is 0 Å². The molecule has 3 nitrogen and oxygen atoms in total. The summed E-state index contributed by atoms with van der Waals surface area (Å²) in [6.07, 6.45) is 5.29. The number of methoxy groups -OCH3 is 1. The molecule has 1 heterocycles. The Morgan fingerprint density at radius 3 is 2.50 bits per heavy atom. The maximum absolute atomic E-state index is 5.30. The fourth-order valence-electron chi connectivity index (χ4n) is 3.45. The highest BCUT2D eigenvalue weighted by atomic mass is 16.5. The van der Waals surface area contributed by atoms with Gasteiger partial charge in [0.25, 0.3) is 0 Å². The lowest BCUT2D eigenvalue weighted by Crippen LogP contribution is -2.61. The second-order valence-electron chi connectivity index (χ2n) is 8.06. The third kappa shape index (κ3) is 3.96. The molecule has 20 heavy (non-hydrogen) atoms. The molecule has 1 aliphatic carbocycles. The van der Waals surface area contributed by atoms with Crippen LogP contribution in [0.15, 0.2) is 0 Å². The molecular formula is C17H34N2O. The summed E-state index contributed by atoms with van der Waals surface area (Å²) in [5.74, 6) is 0. The number of nitrogens with one attached hydrogen (secondary N) is 1. The van der Waals surface area contributed by atoms with Crippen LogP contribution in [-0.2, 0) is 4.74 Å². The van der Waals surface area contributed by atoms with Gasteiger partial charge in [-0.3, -0.25) is 4.90 Å². The summed E-state index contributed by atoms with van der Waals surface area (Å²) in [4.78, 5) is 2.77. The smallest absolute Gasteiger partial charge is 0.0468 e. The summed E-state index contributed by atoms with van der Waals surface area (Å²) in [5.41, 5.74) is 0.920. The second-order valence-corrected chi connectivity index (χ2v) is 8.06. The van der Waals surface area contributed by atoms with Crippen molar-refractivity contribution in [1.29, 1.82) is 0 Å². The number of ether oxygens (including phenoxy) is 1. The Balaban J connectivity index is 1.95. The van der Waals surface area contributed by atoms with E-state index in [1.165, 1.54) is 38.8 Å². The molecule has 1 saturated carbocycles. The summed E-state index contributed by atoms with van der Waals surface area (Å²) in [6, 6.07) is 1.33. The molecule has 0 aromatic heterocycles. The van der Waals surface area contributed by atoms with Gasteiger partial charge in [-0.2, -0.15) is 0 Å². The van der Waals surface area contributed by atoms with E-state index in [-0.39, 0.29) is 0 Å². The molecule has 1 N–H and O–H groups in total. The monoisotopic (exact) mass is 282 g/mol. The van der Waals surface area contributed by atoms with Crippen molar-refractivity contribution < 1.29 is 4.74 Å². The maximum Gasteiger partial charge on any atom is 0.0468 e. The van der Waals surface area contributed by atoms with Crippen LogP contribution >= 0.6 is 0 Å². The molecule has 2 atom stereocenters. The highest BCUT2D eigenvalue weighted by Crippen LogP contribution is 2.50. The van der Waals surface area contributed by atoms with Crippen molar-refractivity contribution in [3.8, 4) is 0 Å². The Morgan fingerprint density at radius 1 is 1.30 bits per heavy atom. The fourth-order valence-corrected chi connectivity index (χ4v) is 3.45. The third-order valence-electron chi connectivity index (χ3n) is 5.38. The average molecular weight is 282 g/mol. The Kier molecular flexibility index (Phi) is 5.14. The van der Waals surface area contributed by atoms with Gasteiger partial charge in [0.2, 0.25) is 0 Å². The van der Waals surface area contributed by atoms with Crippen molar-refractivity contribution in [3.63, 3.8) is 0 Å². The minimum atomic E-state index is 0.347. The lowest BCUT2D eigenvalue weighted by molar-refractivity contribution is 0.0580. The van der Waals surface area contributed by atoms with E-state index in [0.29, 0.717) is 22.9 Å². The van der Waals surface area contributed by atoms with Crippen LogP contribution in [0, 0.1) is 10.8 Å². The molecule has 1 aliphatic heterocycles. The van der Waals surface area contributed by atoms with E-state index in [2.05, 4.69) is 37.9 Å². The van der Waals surface area contributed by atoms with Gasteiger partial charge in [-0.1, -0.05) is 27.7 Å². The zero-order valence-electron chi connectivity index (χ0n) is 14.2. The first kappa shape index (κ1) is 16.3. The first-order valence-corrected chi connectivity index (χ1v) is 8.36. The molecule has 2 fully saturated rings. The minimum absolute atomic E-state index is 0.347. The van der Waals surface area contributed by atoms with Crippen molar-refractivity contribution in [2.75, 3.05) is 33.4 Å². The maximum atomic E-state index is 5.30. The Morgan fingerprint density at radius 2 is 2.00 bits per heavy atom. The first-order chi connectivity index (χ1) is 9.40. The average Bonchev–Trinajstić information content (AvgIpc) is 3.15. The van der Waals surface area contributed by atoms with Crippen molar-refractivity contribution in [3.05, 3.63) is 0 Å². The number of rotatable bonds is 6. The summed E-state index contributed by atoms with van der Waals surface area (Å²) in [5, 5.41) is 3.77. The topological polar surface area (TPSA) is 24.5 Å². The van der Waals surface area contributed by atoms with E-state index in [9.17, 15) is 0 Å². The van der Waals surface area contributed by atoms with Gasteiger partial charge in [0.05, 0.1) is 0 Å². The zero-order chi connectivity index (χ0) is 14.8. The van der Waals surface area contributed by atoms with Crippen LogP contribution in [0.5, 0.6) is 0 Å². The predicted octanol–water partition coefficient (Wildman–Crippen LogP) is 2.90. The molecule has 0 aromatic carbocycles. The van der Waals surface area contributed by atoms with Gasteiger partial charge in [-0.25, -0.2) is 0 Å². The summed E-state index contributed by atoms with van der Waals surface area (Å²) >= 11 is 0. The van der Waals surface area contributed by atoms with Crippen molar-refractivity contribution in [2.24, 2.45) is 10.8 Å².